The second-order valence-corrected chi connectivity index (χ2v) is 16.3. The molecule has 0 heterocycles. The minimum atomic E-state index is -0.0451. The lowest BCUT2D eigenvalue weighted by atomic mass is 9.61. The highest BCUT2D eigenvalue weighted by atomic mass is 14.4. The minimum absolute atomic E-state index is 0.0451. The molecule has 0 N–H and O–H groups in total. The average Bonchev–Trinajstić information content (AvgIpc) is 3.46. The van der Waals surface area contributed by atoms with Crippen LogP contribution in [0.4, 0.5) is 0 Å². The van der Waals surface area contributed by atoms with Gasteiger partial charge in [-0.1, -0.05) is 190 Å². The van der Waals surface area contributed by atoms with Crippen LogP contribution in [0.1, 0.15) is 88.1 Å². The van der Waals surface area contributed by atoms with Crippen molar-refractivity contribution in [3.63, 3.8) is 0 Å². The molecule has 0 saturated heterocycles. The highest BCUT2D eigenvalue weighted by Gasteiger charge is 2.41. The van der Waals surface area contributed by atoms with Crippen molar-refractivity contribution in [3.05, 3.63) is 226 Å². The van der Waals surface area contributed by atoms with Crippen LogP contribution in [-0.4, -0.2) is 0 Å². The first-order chi connectivity index (χ1) is 26.6. The van der Waals surface area contributed by atoms with Crippen LogP contribution in [0.15, 0.2) is 176 Å². The zero-order valence-electron chi connectivity index (χ0n) is 30.9. The van der Waals surface area contributed by atoms with Crippen molar-refractivity contribution in [3.8, 4) is 33.4 Å². The van der Waals surface area contributed by atoms with Crippen molar-refractivity contribution < 1.29 is 0 Å². The predicted octanol–water partition coefficient (Wildman–Crippen LogP) is 13.8. The van der Waals surface area contributed by atoms with Gasteiger partial charge in [-0.05, 0) is 107 Å². The van der Waals surface area contributed by atoms with E-state index in [-0.39, 0.29) is 23.2 Å². The summed E-state index contributed by atoms with van der Waals surface area (Å²) < 4.78 is 0. The third kappa shape index (κ3) is 4.62. The molecule has 3 aliphatic rings. The fraction of sp³-hybridized carbons (Fsp3) is 0.148. The molecule has 8 aromatic rings. The fourth-order valence-electron chi connectivity index (χ4n) is 10.7. The summed E-state index contributed by atoms with van der Waals surface area (Å²) in [5, 5.41) is 2.68. The molecule has 3 aliphatic carbocycles. The van der Waals surface area contributed by atoms with Crippen LogP contribution >= 0.6 is 0 Å². The molecule has 0 radical (unpaired) electrons. The van der Waals surface area contributed by atoms with E-state index in [0.29, 0.717) is 0 Å². The summed E-state index contributed by atoms with van der Waals surface area (Å²) in [4.78, 5) is 0. The van der Waals surface area contributed by atoms with Gasteiger partial charge in [0.05, 0.1) is 0 Å². The molecule has 258 valence electrons. The van der Waals surface area contributed by atoms with Crippen molar-refractivity contribution in [2.75, 3.05) is 0 Å². The van der Waals surface area contributed by atoms with Gasteiger partial charge in [0.25, 0.3) is 0 Å². The number of fused-ring (bicyclic) bond motifs is 15. The SMILES string of the molecule is CC1(C)c2ccccc2-c2ccc(C(CCc3cccc4ccccc34)c3ccc4c(c3)-c3ccccc3C3c5ccccc5-c5ccccc5C43)cc21. The Morgan fingerprint density at radius 2 is 0.944 bits per heavy atom. The largest absolute Gasteiger partial charge is 0.0619 e. The van der Waals surface area contributed by atoms with E-state index in [1.807, 2.05) is 0 Å². The van der Waals surface area contributed by atoms with Gasteiger partial charge in [0.1, 0.15) is 0 Å². The first kappa shape index (κ1) is 31.5. The van der Waals surface area contributed by atoms with Crippen molar-refractivity contribution in [1.82, 2.24) is 0 Å². The van der Waals surface area contributed by atoms with Crippen LogP contribution in [0.25, 0.3) is 44.2 Å². The van der Waals surface area contributed by atoms with Crippen LogP contribution in [-0.2, 0) is 11.8 Å². The zero-order valence-corrected chi connectivity index (χ0v) is 30.9. The van der Waals surface area contributed by atoms with Crippen molar-refractivity contribution >= 4 is 10.8 Å². The molecule has 0 heteroatoms. The smallest absolute Gasteiger partial charge is 0.0211 e. The summed E-state index contributed by atoms with van der Waals surface area (Å²) in [5.74, 6) is 0.792. The van der Waals surface area contributed by atoms with Gasteiger partial charge in [0.15, 0.2) is 0 Å². The third-order valence-corrected chi connectivity index (χ3v) is 13.2. The molecule has 8 aromatic carbocycles. The van der Waals surface area contributed by atoms with Gasteiger partial charge in [0, 0.05) is 23.2 Å². The van der Waals surface area contributed by atoms with Crippen molar-refractivity contribution in [2.24, 2.45) is 0 Å². The van der Waals surface area contributed by atoms with Crippen LogP contribution in [0.2, 0.25) is 0 Å². The van der Waals surface area contributed by atoms with E-state index in [9.17, 15) is 0 Å². The first-order valence-electron chi connectivity index (χ1n) is 19.7. The van der Waals surface area contributed by atoms with Gasteiger partial charge in [-0.25, -0.2) is 0 Å². The molecule has 11 rings (SSSR count). The van der Waals surface area contributed by atoms with Crippen LogP contribution in [0.3, 0.4) is 0 Å². The first-order valence-corrected chi connectivity index (χ1v) is 19.7. The number of benzene rings is 8. The maximum Gasteiger partial charge on any atom is 0.0211 e. The lowest BCUT2D eigenvalue weighted by molar-refractivity contribution is 0.654. The summed E-state index contributed by atoms with van der Waals surface area (Å²) in [6.07, 6.45) is 2.04. The molecule has 0 nitrogen and oxygen atoms in total. The molecule has 0 saturated carbocycles. The Labute approximate surface area is 318 Å². The normalized spacial score (nSPS) is 17.3. The number of rotatable bonds is 5. The number of hydrogen-bond acceptors (Lipinski definition) is 0. The van der Waals surface area contributed by atoms with Crippen molar-refractivity contribution in [2.45, 2.75) is 49.9 Å². The topological polar surface area (TPSA) is 0 Å². The van der Waals surface area contributed by atoms with Crippen LogP contribution in [0.5, 0.6) is 0 Å². The highest BCUT2D eigenvalue weighted by Crippen LogP contribution is 2.59. The predicted molar refractivity (Wildman–Crippen MR) is 226 cm³/mol. The molecular weight excluding hydrogens is 649 g/mol. The summed E-state index contributed by atoms with van der Waals surface area (Å²) in [5.41, 5.74) is 21.1. The molecule has 0 aliphatic heterocycles. The van der Waals surface area contributed by atoms with E-state index >= 15 is 0 Å². The lowest BCUT2D eigenvalue weighted by Crippen LogP contribution is -2.24. The second kappa shape index (κ2) is 12.0. The Bertz CT molecular complexity index is 2770. The highest BCUT2D eigenvalue weighted by molar-refractivity contribution is 5.87. The van der Waals surface area contributed by atoms with E-state index in [0.717, 1.165) is 12.8 Å². The number of aryl methyl sites for hydroxylation is 1. The Morgan fingerprint density at radius 1 is 0.426 bits per heavy atom. The van der Waals surface area contributed by atoms with E-state index < -0.39 is 0 Å². The molecule has 0 aromatic heterocycles. The summed E-state index contributed by atoms with van der Waals surface area (Å²) in [6.45, 7) is 4.80. The quantitative estimate of drug-likeness (QED) is 0.169. The Kier molecular flexibility index (Phi) is 7.02. The van der Waals surface area contributed by atoms with Gasteiger partial charge in [0.2, 0.25) is 0 Å². The van der Waals surface area contributed by atoms with Gasteiger partial charge >= 0.3 is 0 Å². The van der Waals surface area contributed by atoms with Gasteiger partial charge in [-0.3, -0.25) is 0 Å². The molecular formula is C54H42. The fourth-order valence-corrected chi connectivity index (χ4v) is 10.7. The Hall–Kier alpha value is -5.98. The van der Waals surface area contributed by atoms with Gasteiger partial charge < -0.3 is 0 Å². The third-order valence-electron chi connectivity index (χ3n) is 13.2. The molecule has 3 atom stereocenters. The summed E-state index contributed by atoms with van der Waals surface area (Å²) in [6, 6.07) is 67.1. The number of hydrogen-bond donors (Lipinski definition) is 0. The molecule has 3 unspecified atom stereocenters. The van der Waals surface area contributed by atoms with E-state index in [2.05, 4.69) is 190 Å². The van der Waals surface area contributed by atoms with Gasteiger partial charge in [-0.15, -0.1) is 0 Å². The van der Waals surface area contributed by atoms with E-state index in [1.165, 1.54) is 94.2 Å². The molecule has 54 heavy (non-hydrogen) atoms. The monoisotopic (exact) mass is 690 g/mol. The van der Waals surface area contributed by atoms with Crippen molar-refractivity contribution in [1.29, 1.82) is 0 Å². The Morgan fingerprint density at radius 3 is 1.67 bits per heavy atom. The summed E-state index contributed by atoms with van der Waals surface area (Å²) >= 11 is 0. The molecule has 0 amide bonds. The minimum Gasteiger partial charge on any atom is -0.0619 e. The maximum absolute atomic E-state index is 2.58. The zero-order chi connectivity index (χ0) is 36.0. The van der Waals surface area contributed by atoms with Gasteiger partial charge in [-0.2, -0.15) is 0 Å². The van der Waals surface area contributed by atoms with E-state index in [1.54, 1.807) is 0 Å². The van der Waals surface area contributed by atoms with E-state index in [4.69, 9.17) is 0 Å². The average molecular weight is 691 g/mol. The second-order valence-electron chi connectivity index (χ2n) is 16.3. The summed E-state index contributed by atoms with van der Waals surface area (Å²) in [7, 11) is 0. The van der Waals surface area contributed by atoms with Crippen LogP contribution in [0, 0.1) is 0 Å². The maximum atomic E-state index is 2.58. The Balaban J connectivity index is 1.08. The molecule has 0 fully saturated rings. The van der Waals surface area contributed by atoms with Crippen LogP contribution < -0.4 is 0 Å². The standard InChI is InChI=1S/C54H42/c1-54(2)50-25-12-11-21-43(50)44-30-27-37(33-51(44)54)39(29-26-35-16-13-15-34-14-3-4-17-38(34)35)36-28-31-48-49(32-36)42-20-7-10-24-47(42)52-45-22-8-5-18-40(45)41-19-6-9-23-46(41)53(48)52/h3-25,27-28,30-33,39,52-53H,26,29H2,1-2H3. The molecule has 0 bridgehead atoms. The lowest BCUT2D eigenvalue weighted by Gasteiger charge is -2.41. The molecule has 0 spiro atoms.